The molecule has 3 amide bonds. The summed E-state index contributed by atoms with van der Waals surface area (Å²) in [6, 6.07) is 5.58. The molecule has 2 atom stereocenters. The van der Waals surface area contributed by atoms with Crippen molar-refractivity contribution in [2.24, 2.45) is 0 Å². The molecule has 0 unspecified atom stereocenters. The summed E-state index contributed by atoms with van der Waals surface area (Å²) in [5.41, 5.74) is 0.342. The van der Waals surface area contributed by atoms with E-state index in [-0.39, 0.29) is 52.8 Å². The lowest BCUT2D eigenvalue weighted by atomic mass is 9.86. The molecule has 208 valence electrons. The highest BCUT2D eigenvalue weighted by Gasteiger charge is 2.58. The molecule has 0 aromatic heterocycles. The molecule has 0 bridgehead atoms. The molecule has 3 aromatic rings. The second-order valence-electron chi connectivity index (χ2n) is 8.64. The zero-order valence-corrected chi connectivity index (χ0v) is 25.2. The average molecular weight is 665 g/mol. The molecule has 0 radical (unpaired) electrons. The first-order valence-corrected chi connectivity index (χ1v) is 13.6. The first-order valence-electron chi connectivity index (χ1n) is 11.3. The van der Waals surface area contributed by atoms with Crippen molar-refractivity contribution in [2.45, 2.75) is 12.1 Å². The number of methoxy groups -OCH3 is 3. The van der Waals surface area contributed by atoms with Crippen LogP contribution in [-0.2, 0) is 4.79 Å². The Labute approximate surface area is 258 Å². The van der Waals surface area contributed by atoms with Crippen molar-refractivity contribution in [3.8, 4) is 17.2 Å². The molecule has 8 nitrogen and oxygen atoms in total. The van der Waals surface area contributed by atoms with Gasteiger partial charge in [-0.25, -0.2) is 0 Å². The van der Waals surface area contributed by atoms with Gasteiger partial charge in [0.05, 0.1) is 68.6 Å². The van der Waals surface area contributed by atoms with Gasteiger partial charge in [-0.1, -0.05) is 69.6 Å². The van der Waals surface area contributed by atoms with Crippen molar-refractivity contribution in [3.05, 3.63) is 77.2 Å². The number of halogens is 6. The number of nitrogens with zero attached hydrogens (tertiary/aromatic N) is 2. The number of ether oxygens (including phenoxy) is 3. The number of rotatable bonds is 6. The smallest absolute Gasteiger partial charge is 0.264 e. The fourth-order valence-electron chi connectivity index (χ4n) is 4.87. The largest absolute Gasteiger partial charge is 0.493 e. The molecule has 1 fully saturated rings. The van der Waals surface area contributed by atoms with Crippen molar-refractivity contribution in [1.29, 1.82) is 0 Å². The van der Waals surface area contributed by atoms with Gasteiger partial charge in [-0.3, -0.25) is 19.3 Å². The van der Waals surface area contributed by atoms with E-state index in [1.54, 1.807) is 18.2 Å². The standard InChI is InChI=1S/C26H16Cl6N2O6/c1-38-13-6-9(7-14(39-2)23(13)40-3)21-22(26(37)33(21)10-4-5-11(27)12(28)8-10)34-24(35)15-16(25(34)36)18(30)20(32)19(31)17(15)29/h4-8,21-22H,1-3H3/t21-,22-/m0/s1. The van der Waals surface area contributed by atoms with Crippen LogP contribution in [0.25, 0.3) is 0 Å². The minimum Gasteiger partial charge on any atom is -0.493 e. The third kappa shape index (κ3) is 4.16. The summed E-state index contributed by atoms with van der Waals surface area (Å²) in [4.78, 5) is 43.3. The minimum atomic E-state index is -1.32. The molecule has 14 heteroatoms. The van der Waals surface area contributed by atoms with Gasteiger partial charge in [-0.2, -0.15) is 0 Å². The zero-order valence-electron chi connectivity index (χ0n) is 20.7. The van der Waals surface area contributed by atoms with Gasteiger partial charge in [-0.15, -0.1) is 0 Å². The monoisotopic (exact) mass is 662 g/mol. The van der Waals surface area contributed by atoms with Crippen LogP contribution in [0.5, 0.6) is 17.2 Å². The van der Waals surface area contributed by atoms with Crippen LogP contribution >= 0.6 is 69.6 Å². The molecule has 40 heavy (non-hydrogen) atoms. The van der Waals surface area contributed by atoms with Crippen LogP contribution in [0.1, 0.15) is 32.3 Å². The van der Waals surface area contributed by atoms with Crippen molar-refractivity contribution in [3.63, 3.8) is 0 Å². The van der Waals surface area contributed by atoms with Crippen LogP contribution in [-0.4, -0.2) is 50.0 Å². The lowest BCUT2D eigenvalue weighted by Crippen LogP contribution is -2.67. The highest BCUT2D eigenvalue weighted by molar-refractivity contribution is 6.55. The molecular formula is C26H16Cl6N2O6. The lowest BCUT2D eigenvalue weighted by molar-refractivity contribution is -0.130. The topological polar surface area (TPSA) is 85.4 Å². The Morgan fingerprint density at radius 3 is 1.60 bits per heavy atom. The summed E-state index contributed by atoms with van der Waals surface area (Å²) in [7, 11) is 4.31. The van der Waals surface area contributed by atoms with E-state index in [1.165, 1.54) is 38.4 Å². The van der Waals surface area contributed by atoms with Gasteiger partial charge in [0, 0.05) is 5.69 Å². The van der Waals surface area contributed by atoms with Crippen molar-refractivity contribution < 1.29 is 28.6 Å². The SMILES string of the molecule is COc1cc([C@H]2[C@H](N3C(=O)c4c(Cl)c(Cl)c(Cl)c(Cl)c4C3=O)C(=O)N2c2ccc(Cl)c(Cl)c2)cc(OC)c1OC. The minimum absolute atomic E-state index is 0.186. The Balaban J connectivity index is 1.70. The third-order valence-electron chi connectivity index (χ3n) is 6.69. The van der Waals surface area contributed by atoms with Gasteiger partial charge in [0.15, 0.2) is 11.5 Å². The van der Waals surface area contributed by atoms with E-state index in [0.717, 1.165) is 4.90 Å². The Kier molecular flexibility index (Phi) is 7.72. The highest BCUT2D eigenvalue weighted by atomic mass is 35.5. The van der Waals surface area contributed by atoms with Crippen molar-refractivity contribution >= 4 is 93.0 Å². The van der Waals surface area contributed by atoms with Gasteiger partial charge in [0.1, 0.15) is 6.04 Å². The number of amides is 3. The number of fused-ring (bicyclic) bond motifs is 1. The van der Waals surface area contributed by atoms with E-state index in [0.29, 0.717) is 17.0 Å². The Morgan fingerprint density at radius 1 is 0.625 bits per heavy atom. The van der Waals surface area contributed by atoms with Gasteiger partial charge in [0.2, 0.25) is 5.75 Å². The number of benzene rings is 3. The summed E-state index contributed by atoms with van der Waals surface area (Å²) < 4.78 is 16.4. The molecule has 2 aliphatic rings. The Hall–Kier alpha value is -2.59. The van der Waals surface area contributed by atoms with E-state index in [1.807, 2.05) is 0 Å². The fourth-order valence-corrected chi connectivity index (χ4v) is 6.18. The van der Waals surface area contributed by atoms with Crippen LogP contribution in [0.3, 0.4) is 0 Å². The summed E-state index contributed by atoms with van der Waals surface area (Å²) >= 11 is 37.3. The van der Waals surface area contributed by atoms with E-state index in [9.17, 15) is 14.4 Å². The maximum absolute atomic E-state index is 13.8. The Morgan fingerprint density at radius 2 is 1.15 bits per heavy atom. The molecule has 0 N–H and O–H groups in total. The summed E-state index contributed by atoms with van der Waals surface area (Å²) in [6.45, 7) is 0. The molecule has 0 aliphatic carbocycles. The molecule has 1 saturated heterocycles. The number of hydrogen-bond donors (Lipinski definition) is 0. The number of hydrogen-bond acceptors (Lipinski definition) is 6. The van der Waals surface area contributed by atoms with E-state index in [2.05, 4.69) is 0 Å². The molecule has 2 aliphatic heterocycles. The van der Waals surface area contributed by atoms with Crippen LogP contribution in [0, 0.1) is 0 Å². The molecule has 5 rings (SSSR count). The summed E-state index contributed by atoms with van der Waals surface area (Å²) in [6.07, 6.45) is 0. The molecule has 0 saturated carbocycles. The predicted octanol–water partition coefficient (Wildman–Crippen LogP) is 7.39. The average Bonchev–Trinajstić information content (AvgIpc) is 3.19. The van der Waals surface area contributed by atoms with Gasteiger partial charge < -0.3 is 19.1 Å². The molecular weight excluding hydrogens is 649 g/mol. The second-order valence-corrected chi connectivity index (χ2v) is 11.0. The number of carbonyl (C=O) groups excluding carboxylic acids is 3. The second kappa shape index (κ2) is 10.7. The van der Waals surface area contributed by atoms with E-state index < -0.39 is 29.8 Å². The van der Waals surface area contributed by atoms with Crippen LogP contribution in [0.2, 0.25) is 30.1 Å². The normalized spacial score (nSPS) is 18.2. The first-order chi connectivity index (χ1) is 19.0. The fraction of sp³-hybridized carbons (Fsp3) is 0.192. The van der Waals surface area contributed by atoms with Gasteiger partial charge in [-0.05, 0) is 35.9 Å². The maximum Gasteiger partial charge on any atom is 0.264 e. The Bertz CT molecular complexity index is 1560. The third-order valence-corrected chi connectivity index (χ3v) is 9.23. The number of anilines is 1. The molecule has 3 aromatic carbocycles. The predicted molar refractivity (Wildman–Crippen MR) is 154 cm³/mol. The van der Waals surface area contributed by atoms with Crippen molar-refractivity contribution in [2.75, 3.05) is 26.2 Å². The maximum atomic E-state index is 13.8. The number of carbonyl (C=O) groups is 3. The summed E-state index contributed by atoms with van der Waals surface area (Å²) in [5.74, 6) is -1.41. The molecule has 2 heterocycles. The van der Waals surface area contributed by atoms with Gasteiger partial charge >= 0.3 is 0 Å². The number of imide groups is 1. The van der Waals surface area contributed by atoms with Gasteiger partial charge in [0.25, 0.3) is 17.7 Å². The summed E-state index contributed by atoms with van der Waals surface area (Å²) in [5, 5.41) is -0.392. The molecule has 0 spiro atoms. The zero-order chi connectivity index (χ0) is 29.2. The number of β-lactam (4-membered cyclic amide) rings is 1. The van der Waals surface area contributed by atoms with Crippen molar-refractivity contribution in [1.82, 2.24) is 4.90 Å². The van der Waals surface area contributed by atoms with E-state index in [4.69, 9.17) is 83.8 Å². The first kappa shape index (κ1) is 28.9. The quantitative estimate of drug-likeness (QED) is 0.118. The van der Waals surface area contributed by atoms with Crippen LogP contribution < -0.4 is 19.1 Å². The lowest BCUT2D eigenvalue weighted by Gasteiger charge is -2.50. The van der Waals surface area contributed by atoms with Crippen LogP contribution in [0.15, 0.2) is 30.3 Å². The van der Waals surface area contributed by atoms with Crippen LogP contribution in [0.4, 0.5) is 5.69 Å². The highest BCUT2D eigenvalue weighted by Crippen LogP contribution is 2.51. The van der Waals surface area contributed by atoms with E-state index >= 15 is 0 Å².